The lowest BCUT2D eigenvalue weighted by Gasteiger charge is -2.38. The van der Waals surface area contributed by atoms with E-state index in [0.717, 1.165) is 12.8 Å². The second-order valence-corrected chi connectivity index (χ2v) is 10.1. The van der Waals surface area contributed by atoms with Crippen molar-refractivity contribution in [2.75, 3.05) is 7.11 Å². The third-order valence-electron chi connectivity index (χ3n) is 5.80. The van der Waals surface area contributed by atoms with Gasteiger partial charge in [0.05, 0.1) is 13.5 Å². The SMILES string of the molecule is COC(=O)C[C@]1(c2ccccc2)CC[C@@H](c2ccccc2)[P@]1c1ccccc1. The van der Waals surface area contributed by atoms with E-state index in [2.05, 4.69) is 84.9 Å². The molecule has 0 aromatic heterocycles. The fourth-order valence-corrected chi connectivity index (χ4v) is 8.45. The van der Waals surface area contributed by atoms with Crippen LogP contribution in [0, 0.1) is 0 Å². The quantitative estimate of drug-likeness (QED) is 0.409. The fourth-order valence-electron chi connectivity index (χ4n) is 4.55. The van der Waals surface area contributed by atoms with Gasteiger partial charge >= 0.3 is 5.97 Å². The van der Waals surface area contributed by atoms with Crippen LogP contribution in [-0.2, 0) is 14.7 Å². The maximum atomic E-state index is 12.6. The molecule has 0 N–H and O–H groups in total. The van der Waals surface area contributed by atoms with E-state index in [1.54, 1.807) is 0 Å². The topological polar surface area (TPSA) is 26.3 Å². The standard InChI is InChI=1S/C25H25O2P/c1-27-24(26)19-25(21-13-7-3-8-14-21)18-17-23(20-11-5-2-6-12-20)28(25)22-15-9-4-10-16-22/h2-16,23H,17-19H2,1H3/t23-,25-,28-/m0/s1. The van der Waals surface area contributed by atoms with Crippen molar-refractivity contribution in [1.82, 2.24) is 0 Å². The number of rotatable bonds is 5. The van der Waals surface area contributed by atoms with Gasteiger partial charge in [-0.3, -0.25) is 4.79 Å². The largest absolute Gasteiger partial charge is 0.469 e. The molecule has 3 atom stereocenters. The number of hydrogen-bond acceptors (Lipinski definition) is 2. The van der Waals surface area contributed by atoms with Crippen LogP contribution in [-0.4, -0.2) is 13.1 Å². The van der Waals surface area contributed by atoms with Gasteiger partial charge in [-0.1, -0.05) is 98.9 Å². The molecule has 2 nitrogen and oxygen atoms in total. The van der Waals surface area contributed by atoms with Crippen LogP contribution in [0.1, 0.15) is 36.0 Å². The Morgan fingerprint density at radius 1 is 0.929 bits per heavy atom. The molecule has 3 aromatic carbocycles. The molecular formula is C25H25O2P. The van der Waals surface area contributed by atoms with Crippen LogP contribution in [0.5, 0.6) is 0 Å². The second kappa shape index (κ2) is 8.29. The number of hydrogen-bond donors (Lipinski definition) is 0. The highest BCUT2D eigenvalue weighted by Gasteiger charge is 2.51. The first-order valence-corrected chi connectivity index (χ1v) is 11.2. The summed E-state index contributed by atoms with van der Waals surface area (Å²) in [5.74, 6) is -0.124. The fraction of sp³-hybridized carbons (Fsp3) is 0.240. The summed E-state index contributed by atoms with van der Waals surface area (Å²) in [6.07, 6.45) is 2.50. The number of carbonyl (C=O) groups excluding carboxylic acids is 1. The van der Waals surface area contributed by atoms with Gasteiger partial charge in [-0.05, 0) is 29.3 Å². The highest BCUT2D eigenvalue weighted by molar-refractivity contribution is 7.67. The van der Waals surface area contributed by atoms with Crippen molar-refractivity contribution in [3.05, 3.63) is 102 Å². The van der Waals surface area contributed by atoms with Crippen LogP contribution in [0.3, 0.4) is 0 Å². The summed E-state index contributed by atoms with van der Waals surface area (Å²) in [4.78, 5) is 12.6. The molecule has 1 aliphatic heterocycles. The van der Waals surface area contributed by atoms with E-state index >= 15 is 0 Å². The molecule has 1 heterocycles. The molecule has 0 bridgehead atoms. The van der Waals surface area contributed by atoms with Crippen LogP contribution < -0.4 is 5.30 Å². The summed E-state index contributed by atoms with van der Waals surface area (Å²) in [6.45, 7) is 0. The van der Waals surface area contributed by atoms with Crippen LogP contribution in [0.2, 0.25) is 0 Å². The number of methoxy groups -OCH3 is 1. The van der Waals surface area contributed by atoms with E-state index < -0.39 is 7.92 Å². The maximum absolute atomic E-state index is 12.6. The number of benzene rings is 3. The van der Waals surface area contributed by atoms with Crippen molar-refractivity contribution in [3.8, 4) is 0 Å². The highest BCUT2D eigenvalue weighted by Crippen LogP contribution is 2.74. The first-order chi connectivity index (χ1) is 13.7. The first kappa shape index (κ1) is 18.9. The zero-order chi connectivity index (χ0) is 19.4. The Hall–Kier alpha value is -2.44. The average Bonchev–Trinajstić information content (AvgIpc) is 3.15. The van der Waals surface area contributed by atoms with Gasteiger partial charge in [0.2, 0.25) is 0 Å². The molecule has 0 spiro atoms. The molecule has 0 saturated carbocycles. The van der Waals surface area contributed by atoms with Gasteiger partial charge in [0, 0.05) is 10.8 Å². The summed E-state index contributed by atoms with van der Waals surface area (Å²) >= 11 is 0. The maximum Gasteiger partial charge on any atom is 0.306 e. The lowest BCUT2D eigenvalue weighted by molar-refractivity contribution is -0.141. The molecule has 4 rings (SSSR count). The van der Waals surface area contributed by atoms with Gasteiger partial charge in [0.1, 0.15) is 0 Å². The van der Waals surface area contributed by atoms with Crippen molar-refractivity contribution in [3.63, 3.8) is 0 Å². The average molecular weight is 388 g/mol. The Bertz CT molecular complexity index is 911. The third-order valence-corrected chi connectivity index (χ3v) is 9.39. The summed E-state index contributed by atoms with van der Waals surface area (Å²) in [5, 5.41) is 1.16. The number of ether oxygens (including phenoxy) is 1. The van der Waals surface area contributed by atoms with Gasteiger partial charge in [-0.2, -0.15) is 0 Å². The van der Waals surface area contributed by atoms with Crippen LogP contribution >= 0.6 is 7.92 Å². The molecule has 1 fully saturated rings. The number of esters is 1. The van der Waals surface area contributed by atoms with E-state index in [1.165, 1.54) is 23.5 Å². The van der Waals surface area contributed by atoms with Crippen molar-refractivity contribution < 1.29 is 9.53 Å². The Balaban J connectivity index is 1.89. The molecule has 0 amide bonds. The van der Waals surface area contributed by atoms with Gasteiger partial charge in [-0.25, -0.2) is 0 Å². The highest BCUT2D eigenvalue weighted by atomic mass is 31.1. The predicted molar refractivity (Wildman–Crippen MR) is 116 cm³/mol. The summed E-state index contributed by atoms with van der Waals surface area (Å²) in [7, 11) is 0.853. The Labute approximate surface area is 168 Å². The minimum Gasteiger partial charge on any atom is -0.469 e. The van der Waals surface area contributed by atoms with Crippen LogP contribution in [0.15, 0.2) is 91.0 Å². The molecule has 142 valence electrons. The molecular weight excluding hydrogens is 363 g/mol. The zero-order valence-corrected chi connectivity index (χ0v) is 17.0. The zero-order valence-electron chi connectivity index (χ0n) is 16.1. The minimum absolute atomic E-state index is 0.124. The lowest BCUT2D eigenvalue weighted by atomic mass is 9.89. The molecule has 1 saturated heterocycles. The molecule has 0 aliphatic carbocycles. The number of carbonyl (C=O) groups is 1. The Kier molecular flexibility index (Phi) is 5.59. The third kappa shape index (κ3) is 3.50. The monoisotopic (exact) mass is 388 g/mol. The van der Waals surface area contributed by atoms with Gasteiger partial charge < -0.3 is 4.74 Å². The van der Waals surface area contributed by atoms with Gasteiger partial charge in [-0.15, -0.1) is 0 Å². The Morgan fingerprint density at radius 2 is 1.50 bits per heavy atom. The molecule has 0 radical (unpaired) electrons. The van der Waals surface area contributed by atoms with Crippen molar-refractivity contribution in [2.24, 2.45) is 0 Å². The molecule has 3 heteroatoms. The van der Waals surface area contributed by atoms with E-state index in [9.17, 15) is 4.79 Å². The summed E-state index contributed by atoms with van der Waals surface area (Å²) in [6, 6.07) is 32.2. The van der Waals surface area contributed by atoms with Gasteiger partial charge in [0.25, 0.3) is 0 Å². The first-order valence-electron chi connectivity index (χ1n) is 9.76. The van der Waals surface area contributed by atoms with E-state index in [-0.39, 0.29) is 11.1 Å². The molecule has 28 heavy (non-hydrogen) atoms. The van der Waals surface area contributed by atoms with Crippen molar-refractivity contribution in [1.29, 1.82) is 0 Å². The molecule has 3 aromatic rings. The normalized spacial score (nSPS) is 24.0. The van der Waals surface area contributed by atoms with Crippen LogP contribution in [0.25, 0.3) is 0 Å². The molecule has 0 unspecified atom stereocenters. The molecule has 1 aliphatic rings. The summed E-state index contributed by atoms with van der Waals surface area (Å²) in [5.41, 5.74) is 3.07. The van der Waals surface area contributed by atoms with E-state index in [0.29, 0.717) is 12.1 Å². The Morgan fingerprint density at radius 3 is 2.11 bits per heavy atom. The van der Waals surface area contributed by atoms with E-state index in [1.807, 2.05) is 6.07 Å². The predicted octanol–water partition coefficient (Wildman–Crippen LogP) is 5.79. The second-order valence-electron chi connectivity index (χ2n) is 7.32. The van der Waals surface area contributed by atoms with Gasteiger partial charge in [0.15, 0.2) is 0 Å². The van der Waals surface area contributed by atoms with Crippen LogP contribution in [0.4, 0.5) is 0 Å². The van der Waals surface area contributed by atoms with Crippen molar-refractivity contribution >= 4 is 19.2 Å². The van der Waals surface area contributed by atoms with E-state index in [4.69, 9.17) is 4.74 Å². The smallest absolute Gasteiger partial charge is 0.306 e. The minimum atomic E-state index is -0.643. The summed E-state index contributed by atoms with van der Waals surface area (Å²) < 4.78 is 5.16. The van der Waals surface area contributed by atoms with Crippen molar-refractivity contribution in [2.45, 2.75) is 30.1 Å². The lowest BCUT2D eigenvalue weighted by Crippen LogP contribution is -2.29.